The van der Waals surface area contributed by atoms with Crippen molar-refractivity contribution in [3.63, 3.8) is 0 Å². The molecular formula is C19H27N3O3. The van der Waals surface area contributed by atoms with Crippen LogP contribution in [0.15, 0.2) is 29.1 Å². The summed E-state index contributed by atoms with van der Waals surface area (Å²) in [4.78, 5) is 12.2. The topological polar surface area (TPSA) is 68.4 Å². The van der Waals surface area contributed by atoms with Crippen molar-refractivity contribution in [3.05, 3.63) is 46.0 Å². The molecule has 0 amide bonds. The molecule has 1 aromatic heterocycles. The lowest BCUT2D eigenvalue weighted by Crippen LogP contribution is -2.25. The first-order valence-electron chi connectivity index (χ1n) is 9.06. The Morgan fingerprint density at radius 3 is 2.84 bits per heavy atom. The molecule has 2 heterocycles. The van der Waals surface area contributed by atoms with Gasteiger partial charge in [0.15, 0.2) is 0 Å². The second-order valence-corrected chi connectivity index (χ2v) is 6.48. The molecule has 0 atom stereocenters. The quantitative estimate of drug-likeness (QED) is 0.682. The van der Waals surface area contributed by atoms with Crippen LogP contribution in [0.4, 0.5) is 0 Å². The van der Waals surface area contributed by atoms with Crippen LogP contribution in [0.3, 0.4) is 0 Å². The van der Waals surface area contributed by atoms with Gasteiger partial charge in [-0.25, -0.2) is 4.79 Å². The summed E-state index contributed by atoms with van der Waals surface area (Å²) in [5.74, 6) is 1.11. The number of nitrogens with zero attached hydrogens (tertiary/aromatic N) is 2. The van der Waals surface area contributed by atoms with E-state index in [1.165, 1.54) is 10.1 Å². The van der Waals surface area contributed by atoms with Crippen LogP contribution in [0.1, 0.15) is 30.5 Å². The Morgan fingerprint density at radius 2 is 2.04 bits per heavy atom. The van der Waals surface area contributed by atoms with E-state index in [0.29, 0.717) is 6.54 Å². The maximum atomic E-state index is 12.2. The molecule has 2 aromatic rings. The van der Waals surface area contributed by atoms with E-state index in [0.717, 1.165) is 63.2 Å². The molecule has 1 aliphatic heterocycles. The Labute approximate surface area is 148 Å². The number of benzene rings is 1. The molecule has 3 rings (SSSR count). The fourth-order valence-corrected chi connectivity index (χ4v) is 3.51. The highest BCUT2D eigenvalue weighted by Gasteiger charge is 2.22. The molecule has 0 bridgehead atoms. The van der Waals surface area contributed by atoms with Crippen molar-refractivity contribution in [2.24, 2.45) is 0 Å². The highest BCUT2D eigenvalue weighted by molar-refractivity contribution is 5.33. The van der Waals surface area contributed by atoms with Crippen LogP contribution in [0.5, 0.6) is 11.6 Å². The molecule has 2 N–H and O–H groups in total. The van der Waals surface area contributed by atoms with Gasteiger partial charge in [0.25, 0.3) is 0 Å². The minimum atomic E-state index is -0.0684. The van der Waals surface area contributed by atoms with E-state index >= 15 is 0 Å². The molecule has 1 aromatic carbocycles. The molecule has 0 spiro atoms. The van der Waals surface area contributed by atoms with Gasteiger partial charge in [0, 0.05) is 13.1 Å². The molecule has 1 aliphatic rings. The SMILES string of the molecule is COc1ccccc1CCCNCCCn1c(O)c2n(c1=O)CCC2. The Kier molecular flexibility index (Phi) is 5.81. The number of hydrogen-bond donors (Lipinski definition) is 2. The van der Waals surface area contributed by atoms with Crippen LogP contribution >= 0.6 is 0 Å². The van der Waals surface area contributed by atoms with Crippen LogP contribution in [0, 0.1) is 0 Å². The molecule has 0 saturated heterocycles. The fourth-order valence-electron chi connectivity index (χ4n) is 3.51. The smallest absolute Gasteiger partial charge is 0.331 e. The molecule has 25 heavy (non-hydrogen) atoms. The summed E-state index contributed by atoms with van der Waals surface area (Å²) < 4.78 is 8.57. The zero-order valence-electron chi connectivity index (χ0n) is 14.8. The van der Waals surface area contributed by atoms with Gasteiger partial charge in [0.05, 0.1) is 12.8 Å². The monoisotopic (exact) mass is 345 g/mol. The lowest BCUT2D eigenvalue weighted by atomic mass is 10.1. The molecular weight excluding hydrogens is 318 g/mol. The predicted octanol–water partition coefficient (Wildman–Crippen LogP) is 1.92. The first kappa shape index (κ1) is 17.6. The number of aromatic hydroxyl groups is 1. The number of methoxy groups -OCH3 is 1. The number of imidazole rings is 1. The number of hydrogen-bond acceptors (Lipinski definition) is 4. The summed E-state index contributed by atoms with van der Waals surface area (Å²) in [5, 5.41) is 13.6. The number of aryl methyl sites for hydroxylation is 1. The van der Waals surface area contributed by atoms with Crippen LogP contribution in [-0.4, -0.2) is 34.4 Å². The molecule has 0 aliphatic carbocycles. The van der Waals surface area contributed by atoms with E-state index in [-0.39, 0.29) is 11.6 Å². The van der Waals surface area contributed by atoms with Gasteiger partial charge in [-0.3, -0.25) is 9.13 Å². The van der Waals surface area contributed by atoms with Gasteiger partial charge in [-0.1, -0.05) is 18.2 Å². The standard InChI is InChI=1S/C19H27N3O3/c1-25-17-10-3-2-7-15(17)8-4-11-20-12-6-14-22-18(23)16-9-5-13-21(16)19(22)24/h2-3,7,10,20,23H,4-6,8-9,11-14H2,1H3. The van der Waals surface area contributed by atoms with Gasteiger partial charge < -0.3 is 15.2 Å². The second-order valence-electron chi connectivity index (χ2n) is 6.48. The molecule has 0 fully saturated rings. The van der Waals surface area contributed by atoms with Crippen molar-refractivity contribution in [2.75, 3.05) is 20.2 Å². The van der Waals surface area contributed by atoms with E-state index in [2.05, 4.69) is 11.4 Å². The van der Waals surface area contributed by atoms with E-state index in [1.807, 2.05) is 18.2 Å². The van der Waals surface area contributed by atoms with E-state index in [9.17, 15) is 9.90 Å². The van der Waals surface area contributed by atoms with Crippen molar-refractivity contribution in [1.82, 2.24) is 14.5 Å². The van der Waals surface area contributed by atoms with Gasteiger partial charge >= 0.3 is 5.69 Å². The Bertz CT molecular complexity index is 764. The van der Waals surface area contributed by atoms with Gasteiger partial charge in [-0.15, -0.1) is 0 Å². The zero-order valence-corrected chi connectivity index (χ0v) is 14.8. The number of ether oxygens (including phenoxy) is 1. The first-order chi connectivity index (χ1) is 12.2. The largest absolute Gasteiger partial charge is 0.496 e. The van der Waals surface area contributed by atoms with E-state index in [4.69, 9.17) is 4.74 Å². The molecule has 136 valence electrons. The minimum Gasteiger partial charge on any atom is -0.496 e. The molecule has 6 heteroatoms. The maximum absolute atomic E-state index is 12.2. The molecule has 0 saturated carbocycles. The van der Waals surface area contributed by atoms with Crippen molar-refractivity contribution >= 4 is 0 Å². The number of aromatic nitrogens is 2. The van der Waals surface area contributed by atoms with E-state index in [1.54, 1.807) is 11.7 Å². The van der Waals surface area contributed by atoms with Crippen molar-refractivity contribution in [3.8, 4) is 11.6 Å². The third-order valence-electron chi connectivity index (χ3n) is 4.82. The maximum Gasteiger partial charge on any atom is 0.331 e. The lowest BCUT2D eigenvalue weighted by molar-refractivity contribution is 0.401. The Balaban J connectivity index is 1.37. The fraction of sp³-hybridized carbons (Fsp3) is 0.526. The Hall–Kier alpha value is -2.21. The highest BCUT2D eigenvalue weighted by atomic mass is 16.5. The molecule has 0 radical (unpaired) electrons. The number of fused-ring (bicyclic) bond motifs is 1. The number of nitrogens with one attached hydrogen (secondary N) is 1. The number of para-hydroxylation sites is 1. The summed E-state index contributed by atoms with van der Waals surface area (Å²) in [6.07, 6.45) is 4.59. The van der Waals surface area contributed by atoms with Crippen LogP contribution in [0.2, 0.25) is 0 Å². The van der Waals surface area contributed by atoms with Crippen LogP contribution < -0.4 is 15.7 Å². The Morgan fingerprint density at radius 1 is 1.24 bits per heavy atom. The summed E-state index contributed by atoms with van der Waals surface area (Å²) in [5.41, 5.74) is 1.96. The summed E-state index contributed by atoms with van der Waals surface area (Å²) in [6.45, 7) is 3.05. The normalized spacial score (nSPS) is 13.2. The van der Waals surface area contributed by atoms with Crippen molar-refractivity contribution < 1.29 is 9.84 Å². The summed E-state index contributed by atoms with van der Waals surface area (Å²) in [7, 11) is 1.70. The van der Waals surface area contributed by atoms with Gasteiger partial charge in [-0.2, -0.15) is 0 Å². The first-order valence-corrected chi connectivity index (χ1v) is 9.06. The average Bonchev–Trinajstić information content (AvgIpc) is 3.20. The number of rotatable bonds is 9. The van der Waals surface area contributed by atoms with Crippen molar-refractivity contribution in [1.29, 1.82) is 0 Å². The molecule has 6 nitrogen and oxygen atoms in total. The van der Waals surface area contributed by atoms with Crippen molar-refractivity contribution in [2.45, 2.75) is 45.2 Å². The average molecular weight is 345 g/mol. The summed E-state index contributed by atoms with van der Waals surface area (Å²) >= 11 is 0. The van der Waals surface area contributed by atoms with Gasteiger partial charge in [0.2, 0.25) is 5.88 Å². The molecule has 0 unspecified atom stereocenters. The zero-order chi connectivity index (χ0) is 17.6. The van der Waals surface area contributed by atoms with Crippen LogP contribution in [0.25, 0.3) is 0 Å². The lowest BCUT2D eigenvalue weighted by Gasteiger charge is -2.09. The van der Waals surface area contributed by atoms with Gasteiger partial charge in [-0.05, 0) is 56.8 Å². The second kappa shape index (κ2) is 8.25. The minimum absolute atomic E-state index is 0.0684. The third-order valence-corrected chi connectivity index (χ3v) is 4.82. The van der Waals surface area contributed by atoms with Crippen LogP contribution in [-0.2, 0) is 25.9 Å². The summed E-state index contributed by atoms with van der Waals surface area (Å²) in [6, 6.07) is 8.10. The predicted molar refractivity (Wildman–Crippen MR) is 97.5 cm³/mol. The van der Waals surface area contributed by atoms with Gasteiger partial charge in [0.1, 0.15) is 5.75 Å². The third kappa shape index (κ3) is 3.90. The highest BCUT2D eigenvalue weighted by Crippen LogP contribution is 2.23. The van der Waals surface area contributed by atoms with E-state index < -0.39 is 0 Å².